The molecule has 0 amide bonds. The Morgan fingerprint density at radius 2 is 1.84 bits per heavy atom. The van der Waals surface area contributed by atoms with Crippen LogP contribution >= 0.6 is 11.8 Å². The molecule has 0 aliphatic heterocycles. The molecule has 0 aliphatic carbocycles. The lowest BCUT2D eigenvalue weighted by molar-refractivity contribution is 0.415. The van der Waals surface area contributed by atoms with E-state index in [4.69, 9.17) is 9.72 Å². The van der Waals surface area contributed by atoms with Gasteiger partial charge in [-0.1, -0.05) is 24.3 Å². The van der Waals surface area contributed by atoms with Crippen LogP contribution in [0.3, 0.4) is 0 Å². The van der Waals surface area contributed by atoms with Crippen molar-refractivity contribution < 1.29 is 4.74 Å². The summed E-state index contributed by atoms with van der Waals surface area (Å²) in [7, 11) is 1.68. The molecule has 0 radical (unpaired) electrons. The minimum absolute atomic E-state index is 0.685. The van der Waals surface area contributed by atoms with Crippen molar-refractivity contribution >= 4 is 17.5 Å². The Bertz CT molecular complexity index is 1020. The van der Waals surface area contributed by atoms with Gasteiger partial charge in [-0.25, -0.2) is 9.97 Å². The Balaban J connectivity index is 1.97. The van der Waals surface area contributed by atoms with Gasteiger partial charge in [0.1, 0.15) is 5.75 Å². The minimum Gasteiger partial charge on any atom is -0.497 e. The fourth-order valence-electron chi connectivity index (χ4n) is 2.88. The van der Waals surface area contributed by atoms with Gasteiger partial charge in [-0.2, -0.15) is 0 Å². The second-order valence-electron chi connectivity index (χ2n) is 5.56. The van der Waals surface area contributed by atoms with Gasteiger partial charge in [0.05, 0.1) is 18.5 Å². The van der Waals surface area contributed by atoms with Gasteiger partial charge in [-0.3, -0.25) is 4.40 Å². The fraction of sp³-hybridized carbons (Fsp3) is 0.100. The topological polar surface area (TPSA) is 39.4 Å². The van der Waals surface area contributed by atoms with Gasteiger partial charge in [-0.05, 0) is 36.6 Å². The number of hydrogen-bond acceptors (Lipinski definition) is 4. The standard InChI is InChI=1S/C20H17N3OS/c1-24-16-6-3-5-15(13-16)19-18(14-7-9-17(25-2)10-8-14)22-20-21-11-4-12-23(19)20/h3-13H,1-2H3. The summed E-state index contributed by atoms with van der Waals surface area (Å²) in [6, 6.07) is 18.4. The maximum Gasteiger partial charge on any atom is 0.234 e. The van der Waals surface area contributed by atoms with Crippen molar-refractivity contribution in [2.75, 3.05) is 13.4 Å². The third-order valence-electron chi connectivity index (χ3n) is 4.11. The number of imidazole rings is 1. The van der Waals surface area contributed by atoms with Crippen LogP contribution in [-0.4, -0.2) is 27.7 Å². The summed E-state index contributed by atoms with van der Waals surface area (Å²) in [6.07, 6.45) is 5.83. The lowest BCUT2D eigenvalue weighted by Gasteiger charge is -2.08. The van der Waals surface area contributed by atoms with Crippen LogP contribution in [0.2, 0.25) is 0 Å². The van der Waals surface area contributed by atoms with Crippen molar-refractivity contribution in [3.8, 4) is 28.3 Å². The molecule has 0 unspecified atom stereocenters. The zero-order valence-electron chi connectivity index (χ0n) is 14.0. The molecule has 0 fully saturated rings. The molecule has 0 spiro atoms. The number of thioether (sulfide) groups is 1. The predicted octanol–water partition coefficient (Wildman–Crippen LogP) is 4.79. The summed E-state index contributed by atoms with van der Waals surface area (Å²) in [4.78, 5) is 10.4. The second-order valence-corrected chi connectivity index (χ2v) is 6.44. The number of aromatic nitrogens is 3. The zero-order chi connectivity index (χ0) is 17.2. The molecule has 4 nitrogen and oxygen atoms in total. The fourth-order valence-corrected chi connectivity index (χ4v) is 3.29. The Kier molecular flexibility index (Phi) is 4.15. The Morgan fingerprint density at radius 3 is 2.60 bits per heavy atom. The molecule has 0 bridgehead atoms. The first-order valence-corrected chi connectivity index (χ1v) is 9.14. The normalized spacial score (nSPS) is 11.0. The first-order chi connectivity index (χ1) is 12.3. The van der Waals surface area contributed by atoms with Crippen molar-refractivity contribution in [3.63, 3.8) is 0 Å². The molecule has 0 aliphatic rings. The van der Waals surface area contributed by atoms with Gasteiger partial charge in [0.25, 0.3) is 0 Å². The van der Waals surface area contributed by atoms with Gasteiger partial charge < -0.3 is 4.74 Å². The molecule has 5 heteroatoms. The highest BCUT2D eigenvalue weighted by molar-refractivity contribution is 7.98. The second kappa shape index (κ2) is 6.61. The van der Waals surface area contributed by atoms with Gasteiger partial charge in [-0.15, -0.1) is 11.8 Å². The van der Waals surface area contributed by atoms with Gasteiger partial charge in [0.15, 0.2) is 0 Å². The molecular weight excluding hydrogens is 330 g/mol. The highest BCUT2D eigenvalue weighted by Crippen LogP contribution is 2.34. The van der Waals surface area contributed by atoms with E-state index in [1.54, 1.807) is 25.1 Å². The number of fused-ring (bicyclic) bond motifs is 1. The molecule has 0 atom stereocenters. The van der Waals surface area contributed by atoms with Crippen LogP contribution in [0.15, 0.2) is 71.9 Å². The molecule has 4 aromatic rings. The predicted molar refractivity (Wildman–Crippen MR) is 102 cm³/mol. The number of nitrogens with zero attached hydrogens (tertiary/aromatic N) is 3. The number of methoxy groups -OCH3 is 1. The SMILES string of the molecule is COc1cccc(-c2c(-c3ccc(SC)cc3)nc3ncccn23)c1. The molecule has 2 aromatic heterocycles. The average molecular weight is 347 g/mol. The quantitative estimate of drug-likeness (QED) is 0.497. The summed E-state index contributed by atoms with van der Waals surface area (Å²) in [5.74, 6) is 1.50. The molecule has 124 valence electrons. The first kappa shape index (κ1) is 15.7. The smallest absolute Gasteiger partial charge is 0.234 e. The Labute approximate surface area is 150 Å². The highest BCUT2D eigenvalue weighted by atomic mass is 32.2. The summed E-state index contributed by atoms with van der Waals surface area (Å²) in [6.45, 7) is 0. The molecule has 0 saturated heterocycles. The number of rotatable bonds is 4. The van der Waals surface area contributed by atoms with E-state index >= 15 is 0 Å². The van der Waals surface area contributed by atoms with E-state index < -0.39 is 0 Å². The summed E-state index contributed by atoms with van der Waals surface area (Å²) >= 11 is 1.73. The summed E-state index contributed by atoms with van der Waals surface area (Å²) in [5, 5.41) is 0. The van der Waals surface area contributed by atoms with E-state index in [1.807, 2.05) is 34.9 Å². The van der Waals surface area contributed by atoms with E-state index in [-0.39, 0.29) is 0 Å². The first-order valence-electron chi connectivity index (χ1n) is 7.92. The van der Waals surface area contributed by atoms with Crippen molar-refractivity contribution in [2.24, 2.45) is 0 Å². The third-order valence-corrected chi connectivity index (χ3v) is 4.85. The Hall–Kier alpha value is -2.79. The number of ether oxygens (including phenoxy) is 1. The van der Waals surface area contributed by atoms with Crippen LogP contribution in [0.1, 0.15) is 0 Å². The zero-order valence-corrected chi connectivity index (χ0v) is 14.8. The largest absolute Gasteiger partial charge is 0.497 e. The maximum absolute atomic E-state index is 5.39. The number of hydrogen-bond donors (Lipinski definition) is 0. The van der Waals surface area contributed by atoms with E-state index in [9.17, 15) is 0 Å². The lowest BCUT2D eigenvalue weighted by Crippen LogP contribution is -1.91. The van der Waals surface area contributed by atoms with Crippen LogP contribution in [0.5, 0.6) is 5.75 Å². The molecule has 4 rings (SSSR count). The third kappa shape index (κ3) is 2.87. The van der Waals surface area contributed by atoms with Gasteiger partial charge in [0, 0.05) is 28.4 Å². The molecule has 0 N–H and O–H groups in total. The minimum atomic E-state index is 0.685. The molecular formula is C20H17N3OS. The van der Waals surface area contributed by atoms with E-state index in [1.165, 1.54) is 4.90 Å². The van der Waals surface area contributed by atoms with Crippen molar-refractivity contribution in [1.29, 1.82) is 0 Å². The van der Waals surface area contributed by atoms with Crippen LogP contribution in [0.4, 0.5) is 0 Å². The van der Waals surface area contributed by atoms with E-state index in [0.717, 1.165) is 28.3 Å². The van der Waals surface area contributed by atoms with Crippen LogP contribution in [0, 0.1) is 0 Å². The van der Waals surface area contributed by atoms with E-state index in [0.29, 0.717) is 5.78 Å². The lowest BCUT2D eigenvalue weighted by atomic mass is 10.0. The van der Waals surface area contributed by atoms with Crippen molar-refractivity contribution in [2.45, 2.75) is 4.90 Å². The van der Waals surface area contributed by atoms with Crippen LogP contribution in [0.25, 0.3) is 28.3 Å². The molecule has 25 heavy (non-hydrogen) atoms. The van der Waals surface area contributed by atoms with Crippen molar-refractivity contribution in [1.82, 2.24) is 14.4 Å². The van der Waals surface area contributed by atoms with Crippen molar-refractivity contribution in [3.05, 3.63) is 67.0 Å². The maximum atomic E-state index is 5.39. The van der Waals surface area contributed by atoms with Gasteiger partial charge in [0.2, 0.25) is 5.78 Å². The van der Waals surface area contributed by atoms with Gasteiger partial charge >= 0.3 is 0 Å². The summed E-state index contributed by atoms with van der Waals surface area (Å²) in [5.41, 5.74) is 4.04. The van der Waals surface area contributed by atoms with Crippen LogP contribution < -0.4 is 4.74 Å². The molecule has 0 saturated carbocycles. The molecule has 2 aromatic carbocycles. The number of benzene rings is 2. The molecule has 2 heterocycles. The average Bonchev–Trinajstić information content (AvgIpc) is 3.07. The summed E-state index contributed by atoms with van der Waals surface area (Å²) < 4.78 is 7.41. The van der Waals surface area contributed by atoms with E-state index in [2.05, 4.69) is 41.6 Å². The highest BCUT2D eigenvalue weighted by Gasteiger charge is 2.16. The Morgan fingerprint density at radius 1 is 1.00 bits per heavy atom. The van der Waals surface area contributed by atoms with Crippen LogP contribution in [-0.2, 0) is 0 Å². The monoisotopic (exact) mass is 347 g/mol.